The minimum atomic E-state index is 0.0752. The second-order valence-electron chi connectivity index (χ2n) is 4.06. The molecule has 0 spiro atoms. The van der Waals surface area contributed by atoms with Gasteiger partial charge in [-0.15, -0.1) is 0 Å². The molecule has 0 aromatic carbocycles. The van der Waals surface area contributed by atoms with Gasteiger partial charge in [-0.2, -0.15) is 0 Å². The van der Waals surface area contributed by atoms with Crippen LogP contribution in [0.3, 0.4) is 0 Å². The number of nitrogens with two attached hydrogens (primary N) is 1. The average Bonchev–Trinajstić information content (AvgIpc) is 2.31. The Labute approximate surface area is 98.7 Å². The smallest absolute Gasteiger partial charge is 0.143 e. The first-order valence-electron chi connectivity index (χ1n) is 6.06. The zero-order valence-corrected chi connectivity index (χ0v) is 10.7. The van der Waals surface area contributed by atoms with Crippen molar-refractivity contribution in [3.8, 4) is 0 Å². The molecule has 0 radical (unpaired) electrons. The normalized spacial score (nSPS) is 14.4. The lowest BCUT2D eigenvalue weighted by molar-refractivity contribution is 0.286. The van der Waals surface area contributed by atoms with Gasteiger partial charge in [0.1, 0.15) is 5.84 Å². The van der Waals surface area contributed by atoms with Crippen molar-refractivity contribution in [1.29, 1.82) is 0 Å². The number of nitrogens with one attached hydrogen (secondary N) is 1. The van der Waals surface area contributed by atoms with Crippen LogP contribution in [0.5, 0.6) is 0 Å². The molecule has 0 heterocycles. The zero-order valence-electron chi connectivity index (χ0n) is 10.7. The van der Waals surface area contributed by atoms with Gasteiger partial charge in [0.05, 0.1) is 0 Å². The molecule has 0 saturated heterocycles. The van der Waals surface area contributed by atoms with Gasteiger partial charge in [-0.05, 0) is 19.5 Å². The van der Waals surface area contributed by atoms with Crippen LogP contribution in [0.1, 0.15) is 27.2 Å². The van der Waals surface area contributed by atoms with Gasteiger partial charge >= 0.3 is 0 Å². The summed E-state index contributed by atoms with van der Waals surface area (Å²) in [6.07, 6.45) is 1.19. The summed E-state index contributed by atoms with van der Waals surface area (Å²) >= 11 is 0. The molecular formula is C11H26N4O. The molecule has 0 aromatic heterocycles. The fourth-order valence-corrected chi connectivity index (χ4v) is 1.50. The summed E-state index contributed by atoms with van der Waals surface area (Å²) in [6.45, 7) is 11.3. The minimum Gasteiger partial charge on any atom is -0.409 e. The molecule has 5 heteroatoms. The van der Waals surface area contributed by atoms with E-state index in [2.05, 4.69) is 29.2 Å². The summed E-state index contributed by atoms with van der Waals surface area (Å²) in [4.78, 5) is 2.40. The highest BCUT2D eigenvalue weighted by Gasteiger charge is 2.06. The van der Waals surface area contributed by atoms with Gasteiger partial charge in [0.2, 0.25) is 0 Å². The van der Waals surface area contributed by atoms with Crippen LogP contribution < -0.4 is 11.1 Å². The van der Waals surface area contributed by atoms with Gasteiger partial charge in [-0.25, -0.2) is 0 Å². The second kappa shape index (κ2) is 9.42. The summed E-state index contributed by atoms with van der Waals surface area (Å²) < 4.78 is 0. The fraction of sp³-hybridized carbons (Fsp3) is 0.909. The van der Waals surface area contributed by atoms with Gasteiger partial charge < -0.3 is 21.2 Å². The van der Waals surface area contributed by atoms with E-state index in [-0.39, 0.29) is 11.8 Å². The van der Waals surface area contributed by atoms with E-state index >= 15 is 0 Å². The largest absolute Gasteiger partial charge is 0.409 e. The van der Waals surface area contributed by atoms with Crippen LogP contribution >= 0.6 is 0 Å². The topological polar surface area (TPSA) is 73.9 Å². The van der Waals surface area contributed by atoms with E-state index in [1.54, 1.807) is 0 Å². The second-order valence-corrected chi connectivity index (χ2v) is 4.06. The Bertz CT molecular complexity index is 196. The maximum absolute atomic E-state index is 8.48. The van der Waals surface area contributed by atoms with Crippen molar-refractivity contribution in [2.24, 2.45) is 16.8 Å². The number of oxime groups is 1. The molecule has 0 rings (SSSR count). The van der Waals surface area contributed by atoms with Crippen LogP contribution in [0.15, 0.2) is 5.16 Å². The predicted molar refractivity (Wildman–Crippen MR) is 67.8 cm³/mol. The first-order chi connectivity index (χ1) is 7.65. The average molecular weight is 230 g/mol. The third kappa shape index (κ3) is 6.63. The number of likely N-dealkylation sites (N-methyl/N-ethyl adjacent to an activating group) is 1. The molecule has 0 saturated carbocycles. The summed E-state index contributed by atoms with van der Waals surface area (Å²) in [5.74, 6) is 0.361. The lowest BCUT2D eigenvalue weighted by atomic mass is 10.1. The first-order valence-corrected chi connectivity index (χ1v) is 6.06. The highest BCUT2D eigenvalue weighted by Crippen LogP contribution is 1.93. The van der Waals surface area contributed by atoms with Crippen molar-refractivity contribution in [3.63, 3.8) is 0 Å². The number of hydrogen-bond acceptors (Lipinski definition) is 4. The Morgan fingerprint density at radius 1 is 1.44 bits per heavy atom. The summed E-state index contributed by atoms with van der Waals surface area (Å²) in [6, 6.07) is 0. The molecule has 1 unspecified atom stereocenters. The number of amidine groups is 1. The van der Waals surface area contributed by atoms with Crippen LogP contribution in [-0.4, -0.2) is 48.7 Å². The van der Waals surface area contributed by atoms with Crippen molar-refractivity contribution in [1.82, 2.24) is 10.2 Å². The van der Waals surface area contributed by atoms with Crippen LogP contribution in [-0.2, 0) is 0 Å². The summed E-state index contributed by atoms with van der Waals surface area (Å²) in [5, 5.41) is 14.8. The zero-order chi connectivity index (χ0) is 12.4. The molecule has 4 N–H and O–H groups in total. The highest BCUT2D eigenvalue weighted by atomic mass is 16.4. The van der Waals surface area contributed by atoms with Gasteiger partial charge in [-0.3, -0.25) is 0 Å². The summed E-state index contributed by atoms with van der Waals surface area (Å²) in [7, 11) is 0. The van der Waals surface area contributed by atoms with Gasteiger partial charge in [-0.1, -0.05) is 25.9 Å². The molecule has 16 heavy (non-hydrogen) atoms. The van der Waals surface area contributed by atoms with Crippen LogP contribution in [0, 0.1) is 5.92 Å². The van der Waals surface area contributed by atoms with E-state index in [0.717, 1.165) is 32.7 Å². The Balaban J connectivity index is 3.58. The lowest BCUT2D eigenvalue weighted by Crippen LogP contribution is -2.36. The number of nitrogens with zero attached hydrogens (tertiary/aromatic N) is 2. The molecule has 1 atom stereocenters. The van der Waals surface area contributed by atoms with Crippen molar-refractivity contribution in [3.05, 3.63) is 0 Å². The molecule has 0 aromatic rings. The van der Waals surface area contributed by atoms with Gasteiger partial charge in [0.15, 0.2) is 0 Å². The van der Waals surface area contributed by atoms with E-state index in [1.807, 2.05) is 6.92 Å². The van der Waals surface area contributed by atoms with Crippen LogP contribution in [0.25, 0.3) is 0 Å². The third-order valence-electron chi connectivity index (χ3n) is 2.66. The quantitative estimate of drug-likeness (QED) is 0.179. The van der Waals surface area contributed by atoms with Gasteiger partial charge in [0.25, 0.3) is 0 Å². The van der Waals surface area contributed by atoms with Crippen molar-refractivity contribution in [2.45, 2.75) is 27.2 Å². The minimum absolute atomic E-state index is 0.0752. The van der Waals surface area contributed by atoms with Crippen LogP contribution in [0.2, 0.25) is 0 Å². The Morgan fingerprint density at radius 2 is 2.12 bits per heavy atom. The van der Waals surface area contributed by atoms with E-state index < -0.39 is 0 Å². The van der Waals surface area contributed by atoms with E-state index in [4.69, 9.17) is 10.9 Å². The molecule has 0 bridgehead atoms. The Morgan fingerprint density at radius 3 is 2.62 bits per heavy atom. The molecule has 0 aliphatic heterocycles. The Hall–Kier alpha value is -0.810. The lowest BCUT2D eigenvalue weighted by Gasteiger charge is -2.20. The van der Waals surface area contributed by atoms with Crippen molar-refractivity contribution >= 4 is 5.84 Å². The predicted octanol–water partition coefficient (Wildman–Crippen LogP) is 0.690. The molecule has 96 valence electrons. The molecule has 0 aliphatic rings. The summed E-state index contributed by atoms with van der Waals surface area (Å²) in [5.41, 5.74) is 5.48. The van der Waals surface area contributed by atoms with Crippen molar-refractivity contribution < 1.29 is 5.21 Å². The van der Waals surface area contributed by atoms with E-state index in [9.17, 15) is 0 Å². The molecule has 5 nitrogen and oxygen atoms in total. The Kier molecular flexibility index (Phi) is 8.94. The third-order valence-corrected chi connectivity index (χ3v) is 2.66. The molecular weight excluding hydrogens is 204 g/mol. The van der Waals surface area contributed by atoms with Crippen molar-refractivity contribution in [2.75, 3.05) is 32.7 Å². The number of hydrogen-bond donors (Lipinski definition) is 3. The van der Waals surface area contributed by atoms with E-state index in [0.29, 0.717) is 0 Å². The van der Waals surface area contributed by atoms with Gasteiger partial charge in [0, 0.05) is 25.6 Å². The van der Waals surface area contributed by atoms with E-state index in [1.165, 1.54) is 6.42 Å². The van der Waals surface area contributed by atoms with Crippen LogP contribution in [0.4, 0.5) is 0 Å². The molecule has 0 fully saturated rings. The molecule has 0 amide bonds. The first kappa shape index (κ1) is 15.2. The fourth-order valence-electron chi connectivity index (χ4n) is 1.50. The maximum atomic E-state index is 8.48. The standard InChI is InChI=1S/C11H26N4O/c1-4-7-15(5-2)8-6-13-9-10(3)11(12)14-16/h10,13,16H,4-9H2,1-3H3,(H2,12,14). The SMILES string of the molecule is CCCN(CC)CCNCC(C)C(N)=NO. The maximum Gasteiger partial charge on any atom is 0.143 e. The number of rotatable bonds is 9. The monoisotopic (exact) mass is 230 g/mol. The highest BCUT2D eigenvalue weighted by molar-refractivity contribution is 5.82. The molecule has 0 aliphatic carbocycles.